The van der Waals surface area contributed by atoms with Gasteiger partial charge in [0.25, 0.3) is 0 Å². The molecular weight excluding hydrogens is 210 g/mol. The first-order valence-corrected chi connectivity index (χ1v) is 6.35. The van der Waals surface area contributed by atoms with E-state index < -0.39 is 0 Å². The van der Waals surface area contributed by atoms with Crippen molar-refractivity contribution < 1.29 is 5.11 Å². The minimum Gasteiger partial charge on any atom is -0.393 e. The topological polar surface area (TPSA) is 33.1 Å². The minimum atomic E-state index is -0.117. The molecule has 2 nitrogen and oxygen atoms in total. The Morgan fingerprint density at radius 2 is 2.06 bits per heavy atom. The van der Waals surface area contributed by atoms with Crippen molar-refractivity contribution >= 4 is 10.9 Å². The summed E-state index contributed by atoms with van der Waals surface area (Å²) < 4.78 is 0. The maximum absolute atomic E-state index is 9.90. The second-order valence-corrected chi connectivity index (χ2v) is 4.95. The molecule has 0 bridgehead atoms. The molecular formula is C15H17NO. The third-order valence-corrected chi connectivity index (χ3v) is 3.82. The number of pyridine rings is 1. The van der Waals surface area contributed by atoms with Crippen LogP contribution in [0.1, 0.15) is 24.8 Å². The van der Waals surface area contributed by atoms with E-state index in [2.05, 4.69) is 29.2 Å². The molecule has 2 aromatic rings. The molecule has 0 aliphatic heterocycles. The normalized spacial score (nSPS) is 24.3. The highest BCUT2D eigenvalue weighted by atomic mass is 16.3. The molecule has 3 rings (SSSR count). The number of aliphatic hydroxyl groups excluding tert-OH is 1. The highest BCUT2D eigenvalue weighted by molar-refractivity contribution is 5.81. The zero-order valence-corrected chi connectivity index (χ0v) is 9.84. The second kappa shape index (κ2) is 4.46. The Balaban J connectivity index is 1.94. The number of fused-ring (bicyclic) bond motifs is 1. The standard InChI is InChI=1S/C15H17NO/c17-14-8-2-5-12(14)10-13-6-1-4-11-7-3-9-16-15(11)13/h1,3-4,6-7,9,12,14,17H,2,5,8,10H2. The Labute approximate surface area is 101 Å². The largest absolute Gasteiger partial charge is 0.393 e. The van der Waals surface area contributed by atoms with Gasteiger partial charge in [0.15, 0.2) is 0 Å². The quantitative estimate of drug-likeness (QED) is 0.855. The molecule has 1 aliphatic rings. The van der Waals surface area contributed by atoms with E-state index in [0.717, 1.165) is 31.2 Å². The van der Waals surface area contributed by atoms with Crippen molar-refractivity contribution in [3.05, 3.63) is 42.1 Å². The van der Waals surface area contributed by atoms with Gasteiger partial charge in [0.2, 0.25) is 0 Å². The number of aromatic nitrogens is 1. The van der Waals surface area contributed by atoms with Gasteiger partial charge in [0.05, 0.1) is 11.6 Å². The molecule has 1 aromatic carbocycles. The van der Waals surface area contributed by atoms with Gasteiger partial charge in [-0.2, -0.15) is 0 Å². The van der Waals surface area contributed by atoms with E-state index in [1.807, 2.05) is 12.3 Å². The summed E-state index contributed by atoms with van der Waals surface area (Å²) in [7, 11) is 0. The molecule has 0 saturated heterocycles. The van der Waals surface area contributed by atoms with Crippen molar-refractivity contribution in [2.24, 2.45) is 5.92 Å². The molecule has 1 aromatic heterocycles. The number of rotatable bonds is 2. The summed E-state index contributed by atoms with van der Waals surface area (Å²) in [6.07, 6.45) is 5.94. The molecule has 88 valence electrons. The van der Waals surface area contributed by atoms with Crippen molar-refractivity contribution in [2.75, 3.05) is 0 Å². The molecule has 1 saturated carbocycles. The molecule has 0 radical (unpaired) electrons. The number of nitrogens with zero attached hydrogens (tertiary/aromatic N) is 1. The second-order valence-electron chi connectivity index (χ2n) is 4.95. The highest BCUT2D eigenvalue weighted by Gasteiger charge is 2.25. The Hall–Kier alpha value is -1.41. The first-order valence-electron chi connectivity index (χ1n) is 6.35. The van der Waals surface area contributed by atoms with Crippen molar-refractivity contribution in [2.45, 2.75) is 31.8 Å². The minimum absolute atomic E-state index is 0.117. The number of benzene rings is 1. The monoisotopic (exact) mass is 227 g/mol. The molecule has 1 aliphatic carbocycles. The van der Waals surface area contributed by atoms with E-state index >= 15 is 0 Å². The molecule has 1 fully saturated rings. The van der Waals surface area contributed by atoms with E-state index in [0.29, 0.717) is 5.92 Å². The van der Waals surface area contributed by atoms with Crippen molar-refractivity contribution in [3.8, 4) is 0 Å². The molecule has 0 spiro atoms. The van der Waals surface area contributed by atoms with Crippen LogP contribution in [0.3, 0.4) is 0 Å². The van der Waals surface area contributed by atoms with Crippen LogP contribution in [0.2, 0.25) is 0 Å². The van der Waals surface area contributed by atoms with Gasteiger partial charge in [0, 0.05) is 11.6 Å². The Morgan fingerprint density at radius 1 is 1.18 bits per heavy atom. The third kappa shape index (κ3) is 2.05. The smallest absolute Gasteiger partial charge is 0.0734 e. The third-order valence-electron chi connectivity index (χ3n) is 3.82. The Kier molecular flexibility index (Phi) is 2.81. The van der Waals surface area contributed by atoms with E-state index in [4.69, 9.17) is 0 Å². The van der Waals surface area contributed by atoms with Crippen LogP contribution >= 0.6 is 0 Å². The summed E-state index contributed by atoms with van der Waals surface area (Å²) in [5, 5.41) is 11.1. The van der Waals surface area contributed by atoms with Crippen LogP contribution in [0.15, 0.2) is 36.5 Å². The van der Waals surface area contributed by atoms with E-state index in [1.165, 1.54) is 10.9 Å². The number of aliphatic hydroxyl groups is 1. The first kappa shape index (κ1) is 10.7. The summed E-state index contributed by atoms with van der Waals surface area (Å²) in [6.45, 7) is 0. The molecule has 1 N–H and O–H groups in total. The molecule has 2 unspecified atom stereocenters. The van der Waals surface area contributed by atoms with E-state index in [9.17, 15) is 5.11 Å². The van der Waals surface area contributed by atoms with Gasteiger partial charge in [-0.15, -0.1) is 0 Å². The summed E-state index contributed by atoms with van der Waals surface area (Å²) in [6, 6.07) is 10.4. The average Bonchev–Trinajstić information content (AvgIpc) is 2.76. The van der Waals surface area contributed by atoms with Crippen LogP contribution in [-0.2, 0) is 6.42 Å². The molecule has 2 atom stereocenters. The highest BCUT2D eigenvalue weighted by Crippen LogP contribution is 2.30. The van der Waals surface area contributed by atoms with Crippen LogP contribution in [0.25, 0.3) is 10.9 Å². The fourth-order valence-corrected chi connectivity index (χ4v) is 2.87. The lowest BCUT2D eigenvalue weighted by Crippen LogP contribution is -2.15. The first-order chi connectivity index (χ1) is 8.34. The fourth-order valence-electron chi connectivity index (χ4n) is 2.87. The van der Waals surface area contributed by atoms with Crippen LogP contribution in [0.5, 0.6) is 0 Å². The van der Waals surface area contributed by atoms with Crippen LogP contribution < -0.4 is 0 Å². The summed E-state index contributed by atoms with van der Waals surface area (Å²) in [5.74, 6) is 0.419. The Bertz CT molecular complexity index is 518. The van der Waals surface area contributed by atoms with Crippen LogP contribution in [0.4, 0.5) is 0 Å². The number of para-hydroxylation sites is 1. The molecule has 0 amide bonds. The van der Waals surface area contributed by atoms with Crippen LogP contribution in [-0.4, -0.2) is 16.2 Å². The summed E-state index contributed by atoms with van der Waals surface area (Å²) in [5.41, 5.74) is 2.36. The van der Waals surface area contributed by atoms with Gasteiger partial charge in [-0.1, -0.05) is 30.7 Å². The van der Waals surface area contributed by atoms with E-state index in [-0.39, 0.29) is 6.10 Å². The number of hydrogen-bond acceptors (Lipinski definition) is 2. The summed E-state index contributed by atoms with van der Waals surface area (Å²) in [4.78, 5) is 4.47. The zero-order chi connectivity index (χ0) is 11.7. The molecule has 17 heavy (non-hydrogen) atoms. The SMILES string of the molecule is OC1CCCC1Cc1cccc2cccnc12. The van der Waals surface area contributed by atoms with Crippen molar-refractivity contribution in [3.63, 3.8) is 0 Å². The Morgan fingerprint density at radius 3 is 2.88 bits per heavy atom. The van der Waals surface area contributed by atoms with Gasteiger partial charge in [-0.05, 0) is 36.8 Å². The fraction of sp³-hybridized carbons (Fsp3) is 0.400. The van der Waals surface area contributed by atoms with Gasteiger partial charge in [-0.3, -0.25) is 4.98 Å². The lowest BCUT2D eigenvalue weighted by Gasteiger charge is -2.15. The maximum atomic E-state index is 9.90. The summed E-state index contributed by atoms with van der Waals surface area (Å²) >= 11 is 0. The predicted molar refractivity (Wildman–Crippen MR) is 68.8 cm³/mol. The predicted octanol–water partition coefficient (Wildman–Crippen LogP) is 2.94. The lowest BCUT2D eigenvalue weighted by atomic mass is 9.94. The maximum Gasteiger partial charge on any atom is 0.0734 e. The van der Waals surface area contributed by atoms with E-state index in [1.54, 1.807) is 0 Å². The van der Waals surface area contributed by atoms with Gasteiger partial charge >= 0.3 is 0 Å². The number of hydrogen-bond donors (Lipinski definition) is 1. The molecule has 2 heteroatoms. The zero-order valence-electron chi connectivity index (χ0n) is 9.84. The van der Waals surface area contributed by atoms with Gasteiger partial charge in [-0.25, -0.2) is 0 Å². The van der Waals surface area contributed by atoms with Crippen LogP contribution in [0, 0.1) is 5.92 Å². The molecule has 1 heterocycles. The van der Waals surface area contributed by atoms with Gasteiger partial charge < -0.3 is 5.11 Å². The van der Waals surface area contributed by atoms with Gasteiger partial charge in [0.1, 0.15) is 0 Å². The van der Waals surface area contributed by atoms with Crippen molar-refractivity contribution in [1.29, 1.82) is 0 Å². The average molecular weight is 227 g/mol. The lowest BCUT2D eigenvalue weighted by molar-refractivity contribution is 0.133. The van der Waals surface area contributed by atoms with Crippen molar-refractivity contribution in [1.82, 2.24) is 4.98 Å².